The highest BCUT2D eigenvalue weighted by molar-refractivity contribution is 7.89. The van der Waals surface area contributed by atoms with Crippen LogP contribution in [-0.2, 0) is 10.0 Å². The first-order valence-electron chi connectivity index (χ1n) is 5.96. The van der Waals surface area contributed by atoms with Crippen molar-refractivity contribution in [1.82, 2.24) is 4.72 Å². The Balaban J connectivity index is 3.02. The van der Waals surface area contributed by atoms with Crippen LogP contribution in [0.4, 0.5) is 8.78 Å². The van der Waals surface area contributed by atoms with Crippen LogP contribution in [0.15, 0.2) is 23.1 Å². The van der Waals surface area contributed by atoms with E-state index in [-0.39, 0.29) is 28.7 Å². The summed E-state index contributed by atoms with van der Waals surface area (Å²) in [7, 11) is -3.90. The van der Waals surface area contributed by atoms with Gasteiger partial charge in [-0.2, -0.15) is 8.78 Å². The highest BCUT2D eigenvalue weighted by Gasteiger charge is 2.26. The summed E-state index contributed by atoms with van der Waals surface area (Å²) in [6, 6.07) is 3.19. The van der Waals surface area contributed by atoms with Crippen LogP contribution in [0.3, 0.4) is 0 Å². The molecule has 0 bridgehead atoms. The molecule has 1 aromatic carbocycles. The normalized spacial score (nSPS) is 12.7. The molecule has 0 aliphatic carbocycles. The summed E-state index contributed by atoms with van der Waals surface area (Å²) < 4.78 is 55.1. The van der Waals surface area contributed by atoms with Gasteiger partial charge in [-0.25, -0.2) is 13.1 Å². The average molecular weight is 344 g/mol. The Morgan fingerprint density at radius 1 is 1.43 bits per heavy atom. The lowest BCUT2D eigenvalue weighted by Crippen LogP contribution is -2.43. The van der Waals surface area contributed by atoms with Crippen LogP contribution in [0.1, 0.15) is 20.3 Å². The molecule has 0 spiro atoms. The maximum Gasteiger partial charge on any atom is 0.387 e. The molecule has 0 unspecified atom stereocenters. The van der Waals surface area contributed by atoms with Crippen LogP contribution >= 0.6 is 11.6 Å². The third kappa shape index (κ3) is 5.39. The molecule has 0 saturated carbocycles. The number of ether oxygens (including phenoxy) is 1. The van der Waals surface area contributed by atoms with Gasteiger partial charge >= 0.3 is 6.61 Å². The van der Waals surface area contributed by atoms with Crippen LogP contribution < -0.4 is 9.46 Å². The lowest BCUT2D eigenvalue weighted by Gasteiger charge is -2.25. The van der Waals surface area contributed by atoms with Crippen molar-refractivity contribution in [2.75, 3.05) is 6.61 Å². The molecular weight excluding hydrogens is 328 g/mol. The minimum absolute atomic E-state index is 0.180. The van der Waals surface area contributed by atoms with Crippen LogP contribution in [0.2, 0.25) is 5.02 Å². The van der Waals surface area contributed by atoms with Crippen molar-refractivity contribution < 1.29 is 27.0 Å². The molecular formula is C12H16ClF2NO4S. The van der Waals surface area contributed by atoms with E-state index in [1.54, 1.807) is 13.8 Å². The van der Waals surface area contributed by atoms with Gasteiger partial charge in [0.25, 0.3) is 0 Å². The van der Waals surface area contributed by atoms with E-state index < -0.39 is 22.2 Å². The van der Waals surface area contributed by atoms with Crippen LogP contribution in [0.25, 0.3) is 0 Å². The number of hydrogen-bond donors (Lipinski definition) is 2. The second kappa shape index (κ2) is 6.87. The van der Waals surface area contributed by atoms with E-state index in [1.165, 1.54) is 0 Å². The molecule has 5 nitrogen and oxygen atoms in total. The maximum absolute atomic E-state index is 12.2. The Morgan fingerprint density at radius 2 is 2.05 bits per heavy atom. The van der Waals surface area contributed by atoms with Gasteiger partial charge in [0, 0.05) is 12.1 Å². The molecule has 1 aromatic rings. The number of hydrogen-bond acceptors (Lipinski definition) is 4. The van der Waals surface area contributed by atoms with Gasteiger partial charge in [0.1, 0.15) is 5.75 Å². The van der Waals surface area contributed by atoms with Gasteiger partial charge in [0.2, 0.25) is 10.0 Å². The Hall–Kier alpha value is -0.960. The van der Waals surface area contributed by atoms with Gasteiger partial charge in [-0.1, -0.05) is 11.6 Å². The van der Waals surface area contributed by atoms with Crippen molar-refractivity contribution in [3.8, 4) is 5.75 Å². The van der Waals surface area contributed by atoms with Crippen molar-refractivity contribution in [2.45, 2.75) is 37.3 Å². The van der Waals surface area contributed by atoms with Gasteiger partial charge in [0.05, 0.1) is 9.92 Å². The number of aliphatic hydroxyl groups excluding tert-OH is 1. The quantitative estimate of drug-likeness (QED) is 0.797. The third-order valence-electron chi connectivity index (χ3n) is 2.58. The summed E-state index contributed by atoms with van der Waals surface area (Å²) in [4.78, 5) is -0.180. The van der Waals surface area contributed by atoms with E-state index in [1.807, 2.05) is 0 Å². The number of benzene rings is 1. The van der Waals surface area contributed by atoms with Gasteiger partial charge < -0.3 is 9.84 Å². The van der Waals surface area contributed by atoms with Gasteiger partial charge in [-0.3, -0.25) is 0 Å². The zero-order valence-electron chi connectivity index (χ0n) is 11.4. The minimum Gasteiger partial charge on any atom is -0.433 e. The third-order valence-corrected chi connectivity index (χ3v) is 4.57. The van der Waals surface area contributed by atoms with Crippen molar-refractivity contribution >= 4 is 21.6 Å². The van der Waals surface area contributed by atoms with E-state index in [2.05, 4.69) is 9.46 Å². The molecule has 0 radical (unpaired) electrons. The fourth-order valence-corrected chi connectivity index (χ4v) is 3.35. The lowest BCUT2D eigenvalue weighted by atomic mass is 10.0. The lowest BCUT2D eigenvalue weighted by molar-refractivity contribution is -0.0498. The number of rotatable bonds is 7. The molecule has 0 saturated heterocycles. The van der Waals surface area contributed by atoms with Gasteiger partial charge in [-0.15, -0.1) is 0 Å². The fraction of sp³-hybridized carbons (Fsp3) is 0.500. The maximum atomic E-state index is 12.2. The van der Waals surface area contributed by atoms with Crippen LogP contribution in [-0.4, -0.2) is 32.3 Å². The highest BCUT2D eigenvalue weighted by Crippen LogP contribution is 2.29. The summed E-state index contributed by atoms with van der Waals surface area (Å²) in [5.41, 5.74) is -0.863. The predicted octanol–water partition coefficient (Wildman–Crippen LogP) is 2.38. The van der Waals surface area contributed by atoms with Crippen LogP contribution in [0, 0.1) is 0 Å². The molecule has 0 aliphatic rings. The van der Waals surface area contributed by atoms with Gasteiger partial charge in [-0.05, 0) is 38.5 Å². The monoisotopic (exact) mass is 343 g/mol. The van der Waals surface area contributed by atoms with Crippen molar-refractivity contribution in [3.05, 3.63) is 23.2 Å². The SMILES string of the molecule is CC(C)(CCO)NS(=O)(=O)c1ccc(OC(F)F)c(Cl)c1. The molecule has 0 aliphatic heterocycles. The summed E-state index contributed by atoms with van der Waals surface area (Å²) in [6.07, 6.45) is 0.215. The zero-order valence-corrected chi connectivity index (χ0v) is 13.0. The summed E-state index contributed by atoms with van der Waals surface area (Å²) >= 11 is 5.72. The topological polar surface area (TPSA) is 75.6 Å². The Kier molecular flexibility index (Phi) is 5.92. The molecule has 0 atom stereocenters. The second-order valence-electron chi connectivity index (χ2n) is 4.93. The molecule has 0 heterocycles. The molecule has 0 fully saturated rings. The van der Waals surface area contributed by atoms with E-state index in [9.17, 15) is 17.2 Å². The highest BCUT2D eigenvalue weighted by atomic mass is 35.5. The summed E-state index contributed by atoms with van der Waals surface area (Å²) in [5.74, 6) is -0.305. The Bertz CT molecular complexity index is 593. The minimum atomic E-state index is -3.90. The Morgan fingerprint density at radius 3 is 2.52 bits per heavy atom. The van der Waals surface area contributed by atoms with E-state index in [0.717, 1.165) is 18.2 Å². The molecule has 9 heteroatoms. The standard InChI is InChI=1S/C12H16ClF2NO4S/c1-12(2,5-6-17)16-21(18,19)8-3-4-10(9(13)7-8)20-11(14)15/h3-4,7,11,16-17H,5-6H2,1-2H3. The summed E-state index contributed by atoms with van der Waals surface area (Å²) in [6.45, 7) is -0.0170. The van der Waals surface area contributed by atoms with E-state index >= 15 is 0 Å². The average Bonchev–Trinajstić information content (AvgIpc) is 2.29. The molecule has 0 amide bonds. The number of alkyl halides is 2. The number of aliphatic hydroxyl groups is 1. The number of sulfonamides is 1. The van der Waals surface area contributed by atoms with E-state index in [0.29, 0.717) is 0 Å². The fourth-order valence-electron chi connectivity index (χ4n) is 1.59. The molecule has 120 valence electrons. The second-order valence-corrected chi connectivity index (χ2v) is 7.02. The zero-order chi connectivity index (χ0) is 16.3. The molecule has 1 rings (SSSR count). The first-order chi connectivity index (χ1) is 9.57. The number of nitrogens with one attached hydrogen (secondary N) is 1. The Labute approximate surface area is 126 Å². The number of halogens is 3. The van der Waals surface area contributed by atoms with E-state index in [4.69, 9.17) is 16.7 Å². The van der Waals surface area contributed by atoms with Gasteiger partial charge in [0.15, 0.2) is 0 Å². The smallest absolute Gasteiger partial charge is 0.387 e. The predicted molar refractivity (Wildman–Crippen MR) is 74.2 cm³/mol. The molecule has 2 N–H and O–H groups in total. The van der Waals surface area contributed by atoms with Crippen LogP contribution in [0.5, 0.6) is 5.75 Å². The molecule has 21 heavy (non-hydrogen) atoms. The van der Waals surface area contributed by atoms with Crippen molar-refractivity contribution in [1.29, 1.82) is 0 Å². The first-order valence-corrected chi connectivity index (χ1v) is 7.83. The first kappa shape index (κ1) is 18.1. The van der Waals surface area contributed by atoms with Crippen molar-refractivity contribution in [2.24, 2.45) is 0 Å². The summed E-state index contributed by atoms with van der Waals surface area (Å²) in [5, 5.41) is 8.65. The van der Waals surface area contributed by atoms with Crippen molar-refractivity contribution in [3.63, 3.8) is 0 Å². The largest absolute Gasteiger partial charge is 0.433 e. The molecule has 0 aromatic heterocycles.